The van der Waals surface area contributed by atoms with Crippen LogP contribution < -0.4 is 4.74 Å². The summed E-state index contributed by atoms with van der Waals surface area (Å²) in [6.45, 7) is 3.15. The lowest BCUT2D eigenvalue weighted by molar-refractivity contribution is -0.0110. The van der Waals surface area contributed by atoms with Crippen molar-refractivity contribution >= 4 is 6.09 Å². The summed E-state index contributed by atoms with van der Waals surface area (Å²) in [5, 5.41) is 0. The third kappa shape index (κ3) is 2.22. The average molecular weight is 329 g/mol. The van der Waals surface area contributed by atoms with Crippen molar-refractivity contribution < 1.29 is 14.3 Å². The van der Waals surface area contributed by atoms with Gasteiger partial charge in [0.15, 0.2) is 0 Å². The lowest BCUT2D eigenvalue weighted by Crippen LogP contribution is -2.62. The molecule has 1 aromatic carbocycles. The molecule has 130 valence electrons. The number of carbonyl (C=O) groups excluding carboxylic acids is 1. The van der Waals surface area contributed by atoms with Gasteiger partial charge in [0.2, 0.25) is 0 Å². The highest BCUT2D eigenvalue weighted by Gasteiger charge is 2.55. The van der Waals surface area contributed by atoms with Crippen molar-refractivity contribution in [2.24, 2.45) is 5.92 Å². The lowest BCUT2D eigenvalue weighted by Gasteiger charge is -2.58. The number of piperidine rings is 1. The van der Waals surface area contributed by atoms with E-state index in [1.807, 2.05) is 11.8 Å². The Morgan fingerprint density at radius 2 is 2.21 bits per heavy atom. The molecular weight excluding hydrogens is 302 g/mol. The number of fused-ring (bicyclic) bond motifs is 1. The van der Waals surface area contributed by atoms with Crippen LogP contribution in [0.1, 0.15) is 50.2 Å². The normalized spacial score (nSPS) is 31.0. The number of ether oxygens (including phenoxy) is 2. The van der Waals surface area contributed by atoms with Gasteiger partial charge in [-0.1, -0.05) is 18.9 Å². The van der Waals surface area contributed by atoms with Gasteiger partial charge in [0.1, 0.15) is 5.75 Å². The van der Waals surface area contributed by atoms with Crippen molar-refractivity contribution in [3.05, 3.63) is 29.3 Å². The number of amides is 1. The van der Waals surface area contributed by atoms with E-state index in [-0.39, 0.29) is 11.5 Å². The largest absolute Gasteiger partial charge is 0.497 e. The summed E-state index contributed by atoms with van der Waals surface area (Å²) in [4.78, 5) is 14.5. The van der Waals surface area contributed by atoms with Crippen LogP contribution in [0, 0.1) is 5.92 Å². The minimum atomic E-state index is -0.126. The van der Waals surface area contributed by atoms with Crippen LogP contribution in [0.2, 0.25) is 0 Å². The van der Waals surface area contributed by atoms with Crippen molar-refractivity contribution in [2.45, 2.75) is 56.9 Å². The summed E-state index contributed by atoms with van der Waals surface area (Å²) in [5.74, 6) is 1.52. The van der Waals surface area contributed by atoms with E-state index in [0.717, 1.165) is 25.1 Å². The first-order valence-electron chi connectivity index (χ1n) is 9.30. The fourth-order valence-electron chi connectivity index (χ4n) is 5.54. The highest BCUT2D eigenvalue weighted by molar-refractivity contribution is 5.69. The predicted molar refractivity (Wildman–Crippen MR) is 92.5 cm³/mol. The molecule has 1 amide bonds. The molecule has 1 aromatic rings. The molecule has 0 radical (unpaired) electrons. The van der Waals surface area contributed by atoms with Crippen molar-refractivity contribution in [1.82, 2.24) is 4.90 Å². The Hall–Kier alpha value is -1.71. The zero-order valence-corrected chi connectivity index (χ0v) is 14.7. The van der Waals surface area contributed by atoms with Crippen molar-refractivity contribution in [3.63, 3.8) is 0 Å². The molecule has 0 aromatic heterocycles. The van der Waals surface area contributed by atoms with Gasteiger partial charge in [0.25, 0.3) is 0 Å². The number of methoxy groups -OCH3 is 1. The van der Waals surface area contributed by atoms with Gasteiger partial charge >= 0.3 is 6.09 Å². The molecule has 2 bridgehead atoms. The quantitative estimate of drug-likeness (QED) is 0.826. The number of benzene rings is 1. The third-order valence-electron chi connectivity index (χ3n) is 6.55. The molecule has 1 aliphatic heterocycles. The smallest absolute Gasteiger partial charge is 0.410 e. The van der Waals surface area contributed by atoms with Crippen LogP contribution >= 0.6 is 0 Å². The van der Waals surface area contributed by atoms with E-state index in [4.69, 9.17) is 9.47 Å². The number of hydrogen-bond donors (Lipinski definition) is 0. The summed E-state index contributed by atoms with van der Waals surface area (Å²) in [6.07, 6.45) is 6.90. The van der Waals surface area contributed by atoms with Gasteiger partial charge < -0.3 is 14.4 Å². The number of nitrogens with zero attached hydrogens (tertiary/aromatic N) is 1. The summed E-state index contributed by atoms with van der Waals surface area (Å²) < 4.78 is 10.8. The molecular formula is C20H27NO3. The summed E-state index contributed by atoms with van der Waals surface area (Å²) in [7, 11) is 1.74. The Kier molecular flexibility index (Phi) is 3.93. The van der Waals surface area contributed by atoms with Crippen molar-refractivity contribution in [1.29, 1.82) is 0 Å². The predicted octanol–water partition coefficient (Wildman–Crippen LogP) is 3.91. The third-order valence-corrected chi connectivity index (χ3v) is 6.55. The second kappa shape index (κ2) is 5.98. The number of rotatable bonds is 2. The number of hydrogen-bond acceptors (Lipinski definition) is 3. The zero-order valence-electron chi connectivity index (χ0n) is 14.7. The van der Waals surface area contributed by atoms with Crippen LogP contribution in [0.4, 0.5) is 4.79 Å². The molecule has 0 unspecified atom stereocenters. The van der Waals surface area contributed by atoms with E-state index in [1.165, 1.54) is 36.8 Å². The van der Waals surface area contributed by atoms with Gasteiger partial charge in [-0.05, 0) is 61.8 Å². The van der Waals surface area contributed by atoms with E-state index < -0.39 is 0 Å². The van der Waals surface area contributed by atoms with Gasteiger partial charge in [-0.15, -0.1) is 0 Å². The second-order valence-electron chi connectivity index (χ2n) is 7.45. The van der Waals surface area contributed by atoms with E-state index in [1.54, 1.807) is 7.11 Å². The minimum absolute atomic E-state index is 0.126. The first kappa shape index (κ1) is 15.8. The Balaban J connectivity index is 1.77. The van der Waals surface area contributed by atoms with Crippen LogP contribution in [-0.4, -0.2) is 37.3 Å². The molecule has 4 nitrogen and oxygen atoms in total. The molecule has 3 aliphatic rings. The zero-order chi connectivity index (χ0) is 16.7. The second-order valence-corrected chi connectivity index (χ2v) is 7.45. The Labute approximate surface area is 144 Å². The van der Waals surface area contributed by atoms with Crippen LogP contribution in [0.3, 0.4) is 0 Å². The molecule has 1 saturated carbocycles. The number of likely N-dealkylation sites (tertiary alicyclic amines) is 1. The SMILES string of the molecule is CCOC(=O)N1CC[C@]23CCCC[C@H]2[C@@H]1Cc1ccc(OC)cc13. The van der Waals surface area contributed by atoms with Gasteiger partial charge in [0, 0.05) is 18.0 Å². The van der Waals surface area contributed by atoms with Gasteiger partial charge in [-0.2, -0.15) is 0 Å². The molecule has 4 heteroatoms. The van der Waals surface area contributed by atoms with Crippen molar-refractivity contribution in [3.8, 4) is 5.75 Å². The van der Waals surface area contributed by atoms with E-state index >= 15 is 0 Å². The minimum Gasteiger partial charge on any atom is -0.497 e. The Bertz CT molecular complexity index is 644. The van der Waals surface area contributed by atoms with Gasteiger partial charge in [0.05, 0.1) is 13.7 Å². The van der Waals surface area contributed by atoms with Crippen LogP contribution in [-0.2, 0) is 16.6 Å². The molecule has 3 atom stereocenters. The lowest BCUT2D eigenvalue weighted by atomic mass is 9.52. The summed E-state index contributed by atoms with van der Waals surface area (Å²) >= 11 is 0. The Morgan fingerprint density at radius 3 is 3.00 bits per heavy atom. The van der Waals surface area contributed by atoms with Crippen LogP contribution in [0.15, 0.2) is 18.2 Å². The van der Waals surface area contributed by atoms with Gasteiger partial charge in [-0.3, -0.25) is 0 Å². The average Bonchev–Trinajstić information content (AvgIpc) is 2.61. The highest BCUT2D eigenvalue weighted by atomic mass is 16.6. The topological polar surface area (TPSA) is 38.8 Å². The van der Waals surface area contributed by atoms with E-state index in [2.05, 4.69) is 18.2 Å². The van der Waals surface area contributed by atoms with Crippen molar-refractivity contribution in [2.75, 3.05) is 20.3 Å². The summed E-state index contributed by atoms with van der Waals surface area (Å²) in [6, 6.07) is 6.83. The Morgan fingerprint density at radius 1 is 1.33 bits per heavy atom. The van der Waals surface area contributed by atoms with Crippen LogP contribution in [0.25, 0.3) is 0 Å². The molecule has 0 N–H and O–H groups in total. The highest BCUT2D eigenvalue weighted by Crippen LogP contribution is 2.56. The molecule has 2 aliphatic carbocycles. The maximum absolute atomic E-state index is 12.5. The fraction of sp³-hybridized carbons (Fsp3) is 0.650. The molecule has 1 saturated heterocycles. The van der Waals surface area contributed by atoms with Gasteiger partial charge in [-0.25, -0.2) is 4.79 Å². The maximum Gasteiger partial charge on any atom is 0.410 e. The fourth-order valence-corrected chi connectivity index (χ4v) is 5.54. The molecule has 1 heterocycles. The monoisotopic (exact) mass is 329 g/mol. The standard InChI is InChI=1S/C20H27NO3/c1-3-24-19(22)21-11-10-20-9-5-4-6-16(20)18(21)12-14-7-8-15(23-2)13-17(14)20/h7-8,13,16,18H,3-6,9-12H2,1-2H3/t16-,18-,20+/m0/s1. The van der Waals surface area contributed by atoms with Crippen LogP contribution in [0.5, 0.6) is 5.75 Å². The van der Waals surface area contributed by atoms with E-state index in [9.17, 15) is 4.79 Å². The molecule has 2 fully saturated rings. The first-order chi connectivity index (χ1) is 11.7. The molecule has 0 spiro atoms. The summed E-state index contributed by atoms with van der Waals surface area (Å²) in [5.41, 5.74) is 3.12. The van der Waals surface area contributed by atoms with E-state index in [0.29, 0.717) is 18.6 Å². The number of carbonyl (C=O) groups is 1. The molecule has 4 rings (SSSR count). The first-order valence-corrected chi connectivity index (χ1v) is 9.30. The molecule has 24 heavy (non-hydrogen) atoms. The maximum atomic E-state index is 12.5.